The third-order valence-corrected chi connectivity index (χ3v) is 5.24. The Balaban J connectivity index is 2.48. The molecule has 13 heavy (non-hydrogen) atoms. The maximum atomic E-state index is 3.51. The van der Waals surface area contributed by atoms with Gasteiger partial charge < -0.3 is 0 Å². The Morgan fingerprint density at radius 1 is 1.31 bits per heavy atom. The van der Waals surface area contributed by atoms with Crippen LogP contribution in [0.3, 0.4) is 0 Å². The average molecular weight is 190 g/mol. The highest BCUT2D eigenvalue weighted by Crippen LogP contribution is 2.16. The molecule has 1 heteroatoms. The van der Waals surface area contributed by atoms with E-state index in [2.05, 4.69) is 30.6 Å². The normalized spacial score (nSPS) is 15.7. The first-order valence-electron chi connectivity index (χ1n) is 5.57. The van der Waals surface area contributed by atoms with E-state index in [0.717, 1.165) is 0 Å². The molecule has 0 atom stereocenters. The number of rotatable bonds is 2. The molecule has 0 heterocycles. The van der Waals surface area contributed by atoms with Crippen molar-refractivity contribution in [3.8, 4) is 10.7 Å². The Morgan fingerprint density at radius 3 is 2.62 bits per heavy atom. The van der Waals surface area contributed by atoms with Gasteiger partial charge >= 0.3 is 14.1 Å². The summed E-state index contributed by atoms with van der Waals surface area (Å²) in [7, 11) is 0. The molecule has 0 aromatic rings. The predicted octanol–water partition coefficient (Wildman–Crippen LogP) is 3.56. The predicted molar refractivity (Wildman–Crippen MR) is 61.0 cm³/mol. The first kappa shape index (κ1) is 10.9. The highest BCUT2D eigenvalue weighted by molar-refractivity contribution is 6.67. The van der Waals surface area contributed by atoms with Gasteiger partial charge in [0.1, 0.15) is 0 Å². The minimum atomic E-state index is -0.665. The zero-order valence-electron chi connectivity index (χ0n) is 8.90. The number of allylic oxidation sites excluding steroid dienone is 2. The molecule has 70 valence electrons. The van der Waals surface area contributed by atoms with Crippen molar-refractivity contribution in [3.63, 3.8) is 0 Å². The summed E-state index contributed by atoms with van der Waals surface area (Å²) in [5, 5.41) is 2.66. The van der Waals surface area contributed by atoms with Crippen LogP contribution in [0.2, 0.25) is 10.6 Å². The van der Waals surface area contributed by atoms with E-state index in [-0.39, 0.29) is 0 Å². The summed E-state index contributed by atoms with van der Waals surface area (Å²) >= 11 is -0.665. The molecule has 0 bridgehead atoms. The Kier molecular flexibility index (Phi) is 5.30. The number of hydrogen-bond donors (Lipinski definition) is 0. The SMILES string of the molecule is C[CH2][Al]([C]#CC1=CCCCC1)[CH2]C. The van der Waals surface area contributed by atoms with Crippen LogP contribution in [0.25, 0.3) is 0 Å². The van der Waals surface area contributed by atoms with Crippen LogP contribution in [0.1, 0.15) is 39.5 Å². The van der Waals surface area contributed by atoms with E-state index in [1.807, 2.05) is 0 Å². The molecule has 0 aromatic heterocycles. The lowest BCUT2D eigenvalue weighted by atomic mass is 10.0. The first-order chi connectivity index (χ1) is 6.36. The zero-order chi connectivity index (χ0) is 9.52. The Hall–Kier alpha value is -0.168. The molecule has 0 radical (unpaired) electrons. The van der Waals surface area contributed by atoms with Crippen LogP contribution in [0, 0.1) is 10.7 Å². The van der Waals surface area contributed by atoms with Crippen molar-refractivity contribution in [2.24, 2.45) is 0 Å². The Bertz CT molecular complexity index is 225. The summed E-state index contributed by atoms with van der Waals surface area (Å²) in [5.74, 6) is 3.40. The molecule has 1 aliphatic rings. The van der Waals surface area contributed by atoms with Crippen LogP contribution in [0.4, 0.5) is 0 Å². The maximum Gasteiger partial charge on any atom is 0.376 e. The molecule has 0 fully saturated rings. The van der Waals surface area contributed by atoms with Gasteiger partial charge in [-0.2, -0.15) is 0 Å². The van der Waals surface area contributed by atoms with E-state index in [0.29, 0.717) is 0 Å². The van der Waals surface area contributed by atoms with Gasteiger partial charge in [0.05, 0.1) is 0 Å². The lowest BCUT2D eigenvalue weighted by molar-refractivity contribution is 0.715. The van der Waals surface area contributed by atoms with Gasteiger partial charge in [-0.05, 0) is 31.3 Å². The fourth-order valence-corrected chi connectivity index (χ4v) is 3.01. The van der Waals surface area contributed by atoms with E-state index in [1.54, 1.807) is 0 Å². The van der Waals surface area contributed by atoms with Crippen molar-refractivity contribution in [1.82, 2.24) is 0 Å². The van der Waals surface area contributed by atoms with Crippen LogP contribution in [0.5, 0.6) is 0 Å². The van der Waals surface area contributed by atoms with Crippen molar-refractivity contribution in [3.05, 3.63) is 11.6 Å². The van der Waals surface area contributed by atoms with E-state index in [1.165, 1.54) is 41.8 Å². The third-order valence-electron chi connectivity index (χ3n) is 2.71. The summed E-state index contributed by atoms with van der Waals surface area (Å²) in [6.07, 6.45) is 7.56. The minimum Gasteiger partial charge on any atom is -0.200 e. The molecule has 1 rings (SSSR count). The van der Waals surface area contributed by atoms with E-state index < -0.39 is 14.1 Å². The quantitative estimate of drug-likeness (QED) is 0.461. The second-order valence-electron chi connectivity index (χ2n) is 3.76. The van der Waals surface area contributed by atoms with Crippen LogP contribution >= 0.6 is 0 Å². The lowest BCUT2D eigenvalue weighted by Crippen LogP contribution is -2.05. The molecule has 0 aliphatic heterocycles. The largest absolute Gasteiger partial charge is 0.376 e. The minimum absolute atomic E-state index is 0.665. The Morgan fingerprint density at radius 2 is 2.08 bits per heavy atom. The Labute approximate surface area is 86.8 Å². The van der Waals surface area contributed by atoms with Gasteiger partial charge in [-0.1, -0.05) is 36.4 Å². The van der Waals surface area contributed by atoms with E-state index in [4.69, 9.17) is 0 Å². The molecule has 0 saturated heterocycles. The zero-order valence-corrected chi connectivity index (χ0v) is 10.1. The van der Waals surface area contributed by atoms with Crippen LogP contribution in [0.15, 0.2) is 11.6 Å². The van der Waals surface area contributed by atoms with Crippen molar-refractivity contribution in [2.45, 2.75) is 50.1 Å². The fraction of sp³-hybridized carbons (Fsp3) is 0.667. The molecular formula is C12H19Al. The van der Waals surface area contributed by atoms with Crippen molar-refractivity contribution < 1.29 is 0 Å². The standard InChI is InChI=1S/C8H9.2C2H5.Al/c1-2-8-6-4-3-5-7-8;2*1-2;/h6H,3-5,7H2;2*1H2,2H3;. The molecule has 0 aromatic carbocycles. The molecule has 0 N–H and O–H groups in total. The monoisotopic (exact) mass is 190 g/mol. The van der Waals surface area contributed by atoms with Crippen LogP contribution in [-0.4, -0.2) is 14.1 Å². The molecule has 1 aliphatic carbocycles. The van der Waals surface area contributed by atoms with E-state index in [9.17, 15) is 0 Å². The van der Waals surface area contributed by atoms with Gasteiger partial charge in [0, 0.05) is 0 Å². The van der Waals surface area contributed by atoms with Crippen LogP contribution < -0.4 is 0 Å². The van der Waals surface area contributed by atoms with Gasteiger partial charge in [-0.25, -0.2) is 4.78 Å². The first-order valence-corrected chi connectivity index (χ1v) is 7.78. The number of hydrogen-bond acceptors (Lipinski definition) is 0. The summed E-state index contributed by atoms with van der Waals surface area (Å²) < 4.78 is 0. The van der Waals surface area contributed by atoms with Crippen molar-refractivity contribution >= 4 is 14.1 Å². The topological polar surface area (TPSA) is 0 Å². The molecule has 0 spiro atoms. The smallest absolute Gasteiger partial charge is 0.200 e. The highest BCUT2D eigenvalue weighted by atomic mass is 27.2. The van der Waals surface area contributed by atoms with Gasteiger partial charge in [-0.15, -0.1) is 0 Å². The molecule has 0 saturated carbocycles. The maximum absolute atomic E-state index is 3.51. The second kappa shape index (κ2) is 6.31. The van der Waals surface area contributed by atoms with Crippen LogP contribution in [-0.2, 0) is 0 Å². The second-order valence-corrected chi connectivity index (χ2v) is 7.07. The average Bonchev–Trinajstić information content (AvgIpc) is 2.21. The lowest BCUT2D eigenvalue weighted by Gasteiger charge is -2.06. The van der Waals surface area contributed by atoms with Gasteiger partial charge in [-0.3, -0.25) is 0 Å². The third kappa shape index (κ3) is 4.04. The highest BCUT2D eigenvalue weighted by Gasteiger charge is 2.08. The summed E-state index contributed by atoms with van der Waals surface area (Å²) in [5.41, 5.74) is 1.42. The van der Waals surface area contributed by atoms with Gasteiger partial charge in [0.25, 0.3) is 0 Å². The molecule has 0 unspecified atom stereocenters. The van der Waals surface area contributed by atoms with Gasteiger partial charge in [0.15, 0.2) is 0 Å². The summed E-state index contributed by atoms with van der Waals surface area (Å²) in [6, 6.07) is 0. The summed E-state index contributed by atoms with van der Waals surface area (Å²) in [4.78, 5) is 3.51. The van der Waals surface area contributed by atoms with Gasteiger partial charge in [0.2, 0.25) is 0 Å². The van der Waals surface area contributed by atoms with Crippen molar-refractivity contribution in [2.75, 3.05) is 0 Å². The molecule has 0 amide bonds. The molecule has 0 nitrogen and oxygen atoms in total. The fourth-order valence-electron chi connectivity index (χ4n) is 1.64. The van der Waals surface area contributed by atoms with E-state index >= 15 is 0 Å². The summed E-state index contributed by atoms with van der Waals surface area (Å²) in [6.45, 7) is 4.56. The van der Waals surface area contributed by atoms with Crippen molar-refractivity contribution in [1.29, 1.82) is 0 Å². The molecular weight excluding hydrogens is 171 g/mol.